The van der Waals surface area contributed by atoms with Gasteiger partial charge in [-0.15, -0.1) is 0 Å². The molecule has 0 aliphatic heterocycles. The van der Waals surface area contributed by atoms with Crippen LogP contribution in [0.1, 0.15) is 16.8 Å². The summed E-state index contributed by atoms with van der Waals surface area (Å²) < 4.78 is 0. The Kier molecular flexibility index (Phi) is 4.47. The minimum Gasteiger partial charge on any atom is -0.388 e. The molecule has 0 fully saturated rings. The van der Waals surface area contributed by atoms with E-state index in [9.17, 15) is 0 Å². The summed E-state index contributed by atoms with van der Waals surface area (Å²) in [4.78, 5) is 4.51. The molecular formula is C15H17N3S. The third-order valence-electron chi connectivity index (χ3n) is 3.01. The number of hydrogen-bond donors (Lipinski definition) is 2. The normalized spacial score (nSPS) is 10.2. The third-order valence-corrected chi connectivity index (χ3v) is 3.21. The molecule has 4 heteroatoms. The van der Waals surface area contributed by atoms with Crippen molar-refractivity contribution in [3.63, 3.8) is 0 Å². The Balaban J connectivity index is 2.00. The number of thiocarbonyl (C=S) groups is 1. The van der Waals surface area contributed by atoms with E-state index >= 15 is 0 Å². The van der Waals surface area contributed by atoms with Gasteiger partial charge in [0.15, 0.2) is 0 Å². The van der Waals surface area contributed by atoms with E-state index < -0.39 is 0 Å². The number of aromatic nitrogens is 1. The lowest BCUT2D eigenvalue weighted by atomic mass is 10.1. The molecule has 2 rings (SSSR count). The highest BCUT2D eigenvalue weighted by atomic mass is 32.1. The van der Waals surface area contributed by atoms with E-state index in [0.717, 1.165) is 18.7 Å². The quantitative estimate of drug-likeness (QED) is 0.821. The summed E-state index contributed by atoms with van der Waals surface area (Å²) in [6, 6.07) is 12.2. The van der Waals surface area contributed by atoms with Crippen molar-refractivity contribution in [1.82, 2.24) is 4.98 Å². The number of benzene rings is 1. The van der Waals surface area contributed by atoms with Crippen LogP contribution in [0, 0.1) is 6.92 Å². The molecule has 0 saturated carbocycles. The average molecular weight is 271 g/mol. The summed E-state index contributed by atoms with van der Waals surface area (Å²) in [6.45, 7) is 2.95. The summed E-state index contributed by atoms with van der Waals surface area (Å²) >= 11 is 4.99. The van der Waals surface area contributed by atoms with Crippen molar-refractivity contribution in [3.05, 3.63) is 59.4 Å². The van der Waals surface area contributed by atoms with Crippen molar-refractivity contribution in [1.29, 1.82) is 0 Å². The van der Waals surface area contributed by atoms with Crippen molar-refractivity contribution in [2.24, 2.45) is 5.73 Å². The zero-order valence-corrected chi connectivity index (χ0v) is 11.7. The molecule has 0 atom stereocenters. The molecule has 0 bridgehead atoms. The molecular weight excluding hydrogens is 254 g/mol. The van der Waals surface area contributed by atoms with Crippen LogP contribution in [-0.2, 0) is 6.42 Å². The molecule has 98 valence electrons. The minimum absolute atomic E-state index is 0.319. The molecule has 0 saturated heterocycles. The van der Waals surface area contributed by atoms with Gasteiger partial charge in [-0.05, 0) is 36.6 Å². The maximum Gasteiger partial charge on any atom is 0.124 e. The number of aryl methyl sites for hydroxylation is 1. The van der Waals surface area contributed by atoms with E-state index in [1.54, 1.807) is 6.20 Å². The molecule has 0 unspecified atom stereocenters. The molecule has 19 heavy (non-hydrogen) atoms. The highest BCUT2D eigenvalue weighted by Gasteiger charge is 2.05. The third kappa shape index (κ3) is 3.51. The Morgan fingerprint density at radius 3 is 2.79 bits per heavy atom. The molecule has 1 aromatic carbocycles. The topological polar surface area (TPSA) is 50.9 Å². The van der Waals surface area contributed by atoms with Gasteiger partial charge in [-0.3, -0.25) is 4.98 Å². The standard InChI is InChI=1S/C15H17N3S/c1-11-5-2-3-6-12(11)8-10-17-13-7-4-9-18-14(13)15(16)19/h2-7,9,17H,8,10H2,1H3,(H2,16,19). The van der Waals surface area contributed by atoms with Gasteiger partial charge in [-0.2, -0.15) is 0 Å². The van der Waals surface area contributed by atoms with Gasteiger partial charge in [-0.25, -0.2) is 0 Å². The van der Waals surface area contributed by atoms with E-state index in [0.29, 0.717) is 10.7 Å². The van der Waals surface area contributed by atoms with Gasteiger partial charge in [-0.1, -0.05) is 36.5 Å². The highest BCUT2D eigenvalue weighted by Crippen LogP contribution is 2.13. The Bertz CT molecular complexity index is 581. The summed E-state index contributed by atoms with van der Waals surface area (Å²) in [5, 5.41) is 3.34. The lowest BCUT2D eigenvalue weighted by Gasteiger charge is -2.11. The van der Waals surface area contributed by atoms with Gasteiger partial charge >= 0.3 is 0 Å². The van der Waals surface area contributed by atoms with Gasteiger partial charge in [0.25, 0.3) is 0 Å². The van der Waals surface area contributed by atoms with Crippen LogP contribution < -0.4 is 11.1 Å². The lowest BCUT2D eigenvalue weighted by Crippen LogP contribution is -2.16. The van der Waals surface area contributed by atoms with Crippen LogP contribution in [0.25, 0.3) is 0 Å². The zero-order chi connectivity index (χ0) is 13.7. The maximum atomic E-state index is 5.65. The van der Waals surface area contributed by atoms with Crippen molar-refractivity contribution in [2.75, 3.05) is 11.9 Å². The van der Waals surface area contributed by atoms with Crippen LogP contribution in [0.15, 0.2) is 42.6 Å². The van der Waals surface area contributed by atoms with E-state index in [4.69, 9.17) is 18.0 Å². The van der Waals surface area contributed by atoms with Crippen molar-refractivity contribution in [3.8, 4) is 0 Å². The lowest BCUT2D eigenvalue weighted by molar-refractivity contribution is 1.00. The Hall–Kier alpha value is -1.94. The number of nitrogens with two attached hydrogens (primary N) is 1. The molecule has 1 aromatic heterocycles. The molecule has 2 aromatic rings. The first-order valence-electron chi connectivity index (χ1n) is 6.21. The van der Waals surface area contributed by atoms with E-state index in [1.807, 2.05) is 12.1 Å². The van der Waals surface area contributed by atoms with Crippen LogP contribution in [0.3, 0.4) is 0 Å². The molecule has 3 nitrogen and oxygen atoms in total. The first-order valence-corrected chi connectivity index (χ1v) is 6.62. The predicted molar refractivity (Wildman–Crippen MR) is 83.5 cm³/mol. The van der Waals surface area contributed by atoms with E-state index in [2.05, 4.69) is 41.5 Å². The second-order valence-electron chi connectivity index (χ2n) is 4.37. The predicted octanol–water partition coefficient (Wildman–Crippen LogP) is 2.68. The smallest absolute Gasteiger partial charge is 0.124 e. The second kappa shape index (κ2) is 6.29. The fourth-order valence-electron chi connectivity index (χ4n) is 1.97. The molecule has 1 heterocycles. The monoisotopic (exact) mass is 271 g/mol. The van der Waals surface area contributed by atoms with Gasteiger partial charge < -0.3 is 11.1 Å². The van der Waals surface area contributed by atoms with Crippen LogP contribution >= 0.6 is 12.2 Å². The molecule has 0 amide bonds. The fourth-order valence-corrected chi connectivity index (χ4v) is 2.13. The van der Waals surface area contributed by atoms with E-state index in [1.165, 1.54) is 11.1 Å². The van der Waals surface area contributed by atoms with Gasteiger partial charge in [0.2, 0.25) is 0 Å². The Morgan fingerprint density at radius 1 is 1.26 bits per heavy atom. The van der Waals surface area contributed by atoms with Crippen LogP contribution in [0.2, 0.25) is 0 Å². The van der Waals surface area contributed by atoms with Crippen LogP contribution in [0.5, 0.6) is 0 Å². The number of anilines is 1. The Morgan fingerprint density at radius 2 is 2.05 bits per heavy atom. The summed E-state index contributed by atoms with van der Waals surface area (Å²) in [6.07, 6.45) is 2.65. The van der Waals surface area contributed by atoms with Gasteiger partial charge in [0.1, 0.15) is 10.7 Å². The molecule has 0 aliphatic rings. The minimum atomic E-state index is 0.319. The first-order chi connectivity index (χ1) is 9.18. The van der Waals surface area contributed by atoms with Crippen LogP contribution in [-0.4, -0.2) is 16.5 Å². The molecule has 0 spiro atoms. The second-order valence-corrected chi connectivity index (χ2v) is 4.81. The fraction of sp³-hybridized carbons (Fsp3) is 0.200. The maximum absolute atomic E-state index is 5.65. The van der Waals surface area contributed by atoms with Crippen molar-refractivity contribution in [2.45, 2.75) is 13.3 Å². The zero-order valence-electron chi connectivity index (χ0n) is 10.9. The largest absolute Gasteiger partial charge is 0.388 e. The highest BCUT2D eigenvalue weighted by molar-refractivity contribution is 7.80. The van der Waals surface area contributed by atoms with Crippen molar-refractivity contribution < 1.29 is 0 Å². The molecule has 0 radical (unpaired) electrons. The molecule has 3 N–H and O–H groups in total. The summed E-state index contributed by atoms with van der Waals surface area (Å²) in [5.74, 6) is 0. The van der Waals surface area contributed by atoms with E-state index in [-0.39, 0.29) is 0 Å². The van der Waals surface area contributed by atoms with Gasteiger partial charge in [0.05, 0.1) is 5.69 Å². The average Bonchev–Trinajstić information content (AvgIpc) is 2.41. The Labute approximate surface area is 118 Å². The molecule has 0 aliphatic carbocycles. The van der Waals surface area contributed by atoms with Crippen molar-refractivity contribution >= 4 is 22.9 Å². The first kappa shape index (κ1) is 13.5. The van der Waals surface area contributed by atoms with Gasteiger partial charge in [0, 0.05) is 12.7 Å². The summed E-state index contributed by atoms with van der Waals surface area (Å²) in [7, 11) is 0. The number of rotatable bonds is 5. The summed E-state index contributed by atoms with van der Waals surface area (Å²) in [5.41, 5.74) is 9.85. The number of nitrogens with zero attached hydrogens (tertiary/aromatic N) is 1. The SMILES string of the molecule is Cc1ccccc1CCNc1cccnc1C(N)=S. The number of hydrogen-bond acceptors (Lipinski definition) is 3. The van der Waals surface area contributed by atoms with Crippen LogP contribution in [0.4, 0.5) is 5.69 Å². The number of nitrogens with one attached hydrogen (secondary N) is 1. The number of pyridine rings is 1.